The Hall–Kier alpha value is -3.70. The van der Waals surface area contributed by atoms with Crippen LogP contribution in [0.5, 0.6) is 0 Å². The van der Waals surface area contributed by atoms with Crippen LogP contribution in [0.2, 0.25) is 0 Å². The zero-order valence-electron chi connectivity index (χ0n) is 14.2. The van der Waals surface area contributed by atoms with E-state index >= 15 is 0 Å². The van der Waals surface area contributed by atoms with E-state index in [1.54, 1.807) is 13.8 Å². The van der Waals surface area contributed by atoms with Gasteiger partial charge >= 0.3 is 0 Å². The van der Waals surface area contributed by atoms with E-state index in [2.05, 4.69) is 35.8 Å². The number of rotatable bonds is 5. The molecule has 0 saturated heterocycles. The number of carbonyl (C=O) groups excluding carboxylic acids is 1. The van der Waals surface area contributed by atoms with Crippen molar-refractivity contribution in [3.8, 4) is 5.82 Å². The van der Waals surface area contributed by atoms with Crippen LogP contribution in [-0.2, 0) is 0 Å². The number of aromatic nitrogens is 5. The minimum absolute atomic E-state index is 0.0200. The Kier molecular flexibility index (Phi) is 4.88. The van der Waals surface area contributed by atoms with Gasteiger partial charge in [-0.05, 0) is 34.4 Å². The molecule has 0 unspecified atom stereocenters. The highest BCUT2D eigenvalue weighted by Crippen LogP contribution is 2.22. The molecular formula is C15H14F2N8O2. The molecule has 2 heterocycles. The molecule has 27 heavy (non-hydrogen) atoms. The molecule has 2 aromatic heterocycles. The predicted molar refractivity (Wildman–Crippen MR) is 89.1 cm³/mol. The van der Waals surface area contributed by atoms with Crippen molar-refractivity contribution in [1.82, 2.24) is 30.7 Å². The summed E-state index contributed by atoms with van der Waals surface area (Å²) in [5, 5.41) is 18.4. The number of hydrazone groups is 1. The highest BCUT2D eigenvalue weighted by atomic mass is 19.1. The molecule has 12 heteroatoms. The first-order valence-corrected chi connectivity index (χ1v) is 7.71. The van der Waals surface area contributed by atoms with Gasteiger partial charge in [0.05, 0.1) is 11.9 Å². The van der Waals surface area contributed by atoms with Gasteiger partial charge in [0.2, 0.25) is 11.6 Å². The Bertz CT molecular complexity index is 1010. The van der Waals surface area contributed by atoms with Crippen LogP contribution in [0, 0.1) is 11.6 Å². The van der Waals surface area contributed by atoms with Crippen molar-refractivity contribution < 1.29 is 18.2 Å². The van der Waals surface area contributed by atoms with Crippen LogP contribution in [0.15, 0.2) is 27.9 Å². The van der Waals surface area contributed by atoms with Gasteiger partial charge in [-0.1, -0.05) is 19.1 Å². The first-order chi connectivity index (χ1) is 12.9. The molecule has 0 fully saturated rings. The maximum Gasteiger partial charge on any atom is 0.293 e. The number of halogens is 2. The average molecular weight is 376 g/mol. The van der Waals surface area contributed by atoms with Gasteiger partial charge in [-0.3, -0.25) is 4.79 Å². The third kappa shape index (κ3) is 3.63. The Labute approximate surface area is 151 Å². The van der Waals surface area contributed by atoms with Gasteiger partial charge in [0.15, 0.2) is 5.69 Å². The molecule has 0 bridgehead atoms. The lowest BCUT2D eigenvalue weighted by atomic mass is 10.1. The fourth-order valence-corrected chi connectivity index (χ4v) is 2.29. The SMILES string of the molecule is CC(C)c1c(C(=O)NN=Cc2cc(F)ccc2F)nnn1-c1nonc1N. The van der Waals surface area contributed by atoms with Crippen LogP contribution in [0.1, 0.15) is 41.5 Å². The van der Waals surface area contributed by atoms with E-state index in [-0.39, 0.29) is 28.8 Å². The molecule has 140 valence electrons. The fraction of sp³-hybridized carbons (Fsp3) is 0.200. The second-order valence-electron chi connectivity index (χ2n) is 5.73. The van der Waals surface area contributed by atoms with Crippen molar-refractivity contribution in [3.05, 3.63) is 46.8 Å². The summed E-state index contributed by atoms with van der Waals surface area (Å²) in [6.07, 6.45) is 0.981. The van der Waals surface area contributed by atoms with Gasteiger partial charge in [0, 0.05) is 5.56 Å². The lowest BCUT2D eigenvalue weighted by Gasteiger charge is -2.08. The Morgan fingerprint density at radius 3 is 2.81 bits per heavy atom. The third-order valence-corrected chi connectivity index (χ3v) is 3.49. The van der Waals surface area contributed by atoms with Crippen LogP contribution < -0.4 is 11.2 Å². The molecule has 0 aliphatic rings. The quantitative estimate of drug-likeness (QED) is 0.507. The van der Waals surface area contributed by atoms with E-state index < -0.39 is 17.5 Å². The highest BCUT2D eigenvalue weighted by Gasteiger charge is 2.25. The number of carbonyl (C=O) groups is 1. The van der Waals surface area contributed by atoms with Crippen molar-refractivity contribution in [1.29, 1.82) is 0 Å². The van der Waals surface area contributed by atoms with E-state index in [9.17, 15) is 13.6 Å². The first kappa shape index (κ1) is 18.1. The molecule has 0 spiro atoms. The number of amides is 1. The first-order valence-electron chi connectivity index (χ1n) is 7.71. The average Bonchev–Trinajstić information content (AvgIpc) is 3.23. The van der Waals surface area contributed by atoms with Gasteiger partial charge in [-0.2, -0.15) is 9.78 Å². The van der Waals surface area contributed by atoms with Crippen molar-refractivity contribution >= 4 is 17.9 Å². The Balaban J connectivity index is 1.85. The molecular weight excluding hydrogens is 362 g/mol. The lowest BCUT2D eigenvalue weighted by Crippen LogP contribution is -2.21. The number of nitrogens with two attached hydrogens (primary N) is 1. The Morgan fingerprint density at radius 1 is 1.37 bits per heavy atom. The van der Waals surface area contributed by atoms with Crippen molar-refractivity contribution in [2.75, 3.05) is 5.73 Å². The zero-order valence-corrected chi connectivity index (χ0v) is 14.2. The van der Waals surface area contributed by atoms with Crippen LogP contribution in [0.4, 0.5) is 14.6 Å². The highest BCUT2D eigenvalue weighted by molar-refractivity contribution is 5.94. The van der Waals surface area contributed by atoms with Crippen LogP contribution in [-0.4, -0.2) is 37.4 Å². The van der Waals surface area contributed by atoms with Gasteiger partial charge in [-0.25, -0.2) is 18.8 Å². The summed E-state index contributed by atoms with van der Waals surface area (Å²) in [6.45, 7) is 3.61. The molecule has 3 aromatic rings. The predicted octanol–water partition coefficient (Wildman–Crippen LogP) is 1.40. The number of benzene rings is 1. The maximum absolute atomic E-state index is 13.6. The standard InChI is InChI=1S/C15H14F2N8O2/c1-7(2)12-11(20-24-25(12)14-13(18)22-27-23-14)15(26)21-19-6-8-5-9(16)3-4-10(8)17/h3-7H,1-2H3,(H2,18,22)(H,21,26). The molecule has 0 radical (unpaired) electrons. The minimum atomic E-state index is -0.701. The second-order valence-corrected chi connectivity index (χ2v) is 5.73. The van der Waals surface area contributed by atoms with E-state index in [0.29, 0.717) is 5.69 Å². The van der Waals surface area contributed by atoms with Gasteiger partial charge in [-0.15, -0.1) is 5.10 Å². The minimum Gasteiger partial charge on any atom is -0.378 e. The molecule has 1 aromatic carbocycles. The number of hydrogen-bond acceptors (Lipinski definition) is 8. The summed E-state index contributed by atoms with van der Waals surface area (Å²) < 4.78 is 32.5. The molecule has 0 saturated carbocycles. The zero-order chi connectivity index (χ0) is 19.6. The van der Waals surface area contributed by atoms with E-state index in [1.807, 2.05) is 0 Å². The summed E-state index contributed by atoms with van der Waals surface area (Å²) in [7, 11) is 0. The summed E-state index contributed by atoms with van der Waals surface area (Å²) in [5.74, 6) is -2.14. The maximum atomic E-state index is 13.6. The van der Waals surface area contributed by atoms with Gasteiger partial charge < -0.3 is 5.73 Å². The van der Waals surface area contributed by atoms with Crippen molar-refractivity contribution in [3.63, 3.8) is 0 Å². The summed E-state index contributed by atoms with van der Waals surface area (Å²) in [4.78, 5) is 12.4. The molecule has 3 N–H and O–H groups in total. The van der Waals surface area contributed by atoms with Crippen LogP contribution in [0.25, 0.3) is 5.82 Å². The largest absolute Gasteiger partial charge is 0.378 e. The number of anilines is 1. The normalized spacial score (nSPS) is 11.4. The number of nitrogen functional groups attached to an aromatic ring is 1. The lowest BCUT2D eigenvalue weighted by molar-refractivity contribution is 0.0948. The monoisotopic (exact) mass is 376 g/mol. The molecule has 10 nitrogen and oxygen atoms in total. The van der Waals surface area contributed by atoms with E-state index in [4.69, 9.17) is 5.73 Å². The second kappa shape index (κ2) is 7.27. The number of nitrogens with zero attached hydrogens (tertiary/aromatic N) is 6. The summed E-state index contributed by atoms with van der Waals surface area (Å²) in [5.41, 5.74) is 8.08. The number of hydrogen-bond donors (Lipinski definition) is 2. The summed E-state index contributed by atoms with van der Waals surface area (Å²) >= 11 is 0. The molecule has 0 atom stereocenters. The van der Waals surface area contributed by atoms with Crippen molar-refractivity contribution in [2.45, 2.75) is 19.8 Å². The summed E-state index contributed by atoms with van der Waals surface area (Å²) in [6, 6.07) is 2.88. The van der Waals surface area contributed by atoms with Gasteiger partial charge in [0.1, 0.15) is 11.6 Å². The third-order valence-electron chi connectivity index (χ3n) is 3.49. The number of nitrogens with one attached hydrogen (secondary N) is 1. The Morgan fingerprint density at radius 2 is 2.15 bits per heavy atom. The van der Waals surface area contributed by atoms with E-state index in [1.165, 1.54) is 4.68 Å². The van der Waals surface area contributed by atoms with Crippen LogP contribution >= 0.6 is 0 Å². The van der Waals surface area contributed by atoms with E-state index in [0.717, 1.165) is 24.4 Å². The smallest absolute Gasteiger partial charge is 0.293 e. The molecule has 1 amide bonds. The molecule has 0 aliphatic carbocycles. The molecule has 0 aliphatic heterocycles. The van der Waals surface area contributed by atoms with Crippen molar-refractivity contribution in [2.24, 2.45) is 5.10 Å². The van der Waals surface area contributed by atoms with Crippen LogP contribution in [0.3, 0.4) is 0 Å². The topological polar surface area (TPSA) is 137 Å². The van der Waals surface area contributed by atoms with Gasteiger partial charge in [0.25, 0.3) is 5.91 Å². The molecule has 3 rings (SSSR count). The fourth-order valence-electron chi connectivity index (χ4n) is 2.29.